The molecule has 6 nitrogen and oxygen atoms in total. The van der Waals surface area contributed by atoms with Crippen molar-refractivity contribution in [3.63, 3.8) is 0 Å². The van der Waals surface area contributed by atoms with E-state index in [4.69, 9.17) is 21.1 Å². The predicted octanol–water partition coefficient (Wildman–Crippen LogP) is 4.81. The standard InChI is InChI=1S/C26H25ClN2O4S/c27-20-8-10-21(11-9-20)34(30,31)29-14-12-26(13-15-29)17-28(23-6-2-1-5-22(23)26)16-19-4-3-7-24-25(19)33-18-32-24/h1-11H,12-18H2. The molecule has 3 aliphatic heterocycles. The third kappa shape index (κ3) is 3.54. The summed E-state index contributed by atoms with van der Waals surface area (Å²) in [7, 11) is -3.54. The molecule has 1 spiro atoms. The average Bonchev–Trinajstić information content (AvgIpc) is 3.44. The minimum absolute atomic E-state index is 0.0715. The monoisotopic (exact) mass is 496 g/mol. The molecule has 8 heteroatoms. The zero-order valence-electron chi connectivity index (χ0n) is 18.6. The quantitative estimate of drug-likeness (QED) is 0.518. The van der Waals surface area contributed by atoms with Gasteiger partial charge in [-0.25, -0.2) is 8.42 Å². The highest BCUT2D eigenvalue weighted by Gasteiger charge is 2.46. The Balaban J connectivity index is 1.25. The van der Waals surface area contributed by atoms with E-state index in [2.05, 4.69) is 35.2 Å². The van der Waals surface area contributed by atoms with Crippen LogP contribution in [0.4, 0.5) is 5.69 Å². The molecule has 1 fully saturated rings. The van der Waals surface area contributed by atoms with Gasteiger partial charge in [0.1, 0.15) is 0 Å². The summed E-state index contributed by atoms with van der Waals surface area (Å²) in [6.07, 6.45) is 1.56. The molecule has 0 aromatic heterocycles. The number of halogens is 1. The summed E-state index contributed by atoms with van der Waals surface area (Å²) in [5.41, 5.74) is 3.55. The molecule has 0 aliphatic carbocycles. The molecule has 3 aromatic carbocycles. The molecular weight excluding hydrogens is 472 g/mol. The summed E-state index contributed by atoms with van der Waals surface area (Å²) in [6, 6.07) is 21.0. The van der Waals surface area contributed by atoms with Crippen molar-refractivity contribution in [2.45, 2.75) is 29.7 Å². The summed E-state index contributed by atoms with van der Waals surface area (Å²) < 4.78 is 39.3. The van der Waals surface area contributed by atoms with Gasteiger partial charge in [0.2, 0.25) is 16.8 Å². The number of ether oxygens (including phenoxy) is 2. The third-order valence-corrected chi connectivity index (χ3v) is 9.44. The Kier molecular flexibility index (Phi) is 5.24. The zero-order valence-corrected chi connectivity index (χ0v) is 20.2. The van der Waals surface area contributed by atoms with Gasteiger partial charge < -0.3 is 14.4 Å². The van der Waals surface area contributed by atoms with Crippen molar-refractivity contribution in [2.24, 2.45) is 0 Å². The molecule has 0 amide bonds. The lowest BCUT2D eigenvalue weighted by atomic mass is 9.75. The second-order valence-corrected chi connectivity index (χ2v) is 11.5. The minimum atomic E-state index is -3.54. The highest BCUT2D eigenvalue weighted by molar-refractivity contribution is 7.89. The van der Waals surface area contributed by atoms with Crippen LogP contribution in [0.2, 0.25) is 5.02 Å². The number of hydrogen-bond donors (Lipinski definition) is 0. The van der Waals surface area contributed by atoms with Crippen molar-refractivity contribution < 1.29 is 17.9 Å². The van der Waals surface area contributed by atoms with Crippen LogP contribution >= 0.6 is 11.6 Å². The van der Waals surface area contributed by atoms with Gasteiger partial charge in [-0.15, -0.1) is 0 Å². The molecule has 0 unspecified atom stereocenters. The summed E-state index contributed by atoms with van der Waals surface area (Å²) in [4.78, 5) is 2.69. The van der Waals surface area contributed by atoms with E-state index in [1.807, 2.05) is 12.1 Å². The Hall–Kier alpha value is -2.74. The van der Waals surface area contributed by atoms with E-state index >= 15 is 0 Å². The van der Waals surface area contributed by atoms with E-state index in [1.54, 1.807) is 28.6 Å². The Labute approximate surface area is 204 Å². The number of hydrogen-bond acceptors (Lipinski definition) is 5. The maximum atomic E-state index is 13.2. The molecule has 0 atom stereocenters. The lowest BCUT2D eigenvalue weighted by Crippen LogP contribution is -2.47. The van der Waals surface area contributed by atoms with E-state index in [0.717, 1.165) is 43.0 Å². The fraction of sp³-hybridized carbons (Fsp3) is 0.308. The zero-order chi connectivity index (χ0) is 23.3. The molecule has 0 saturated carbocycles. The molecule has 3 aromatic rings. The number of sulfonamides is 1. The van der Waals surface area contributed by atoms with E-state index in [1.165, 1.54) is 11.3 Å². The van der Waals surface area contributed by atoms with Crippen LogP contribution in [0.3, 0.4) is 0 Å². The molecule has 1 saturated heterocycles. The first-order chi connectivity index (χ1) is 16.5. The second-order valence-electron chi connectivity index (χ2n) is 9.16. The highest BCUT2D eigenvalue weighted by Crippen LogP contribution is 2.48. The molecule has 3 heterocycles. The van der Waals surface area contributed by atoms with Crippen LogP contribution in [0, 0.1) is 0 Å². The number of para-hydroxylation sites is 2. The predicted molar refractivity (Wildman–Crippen MR) is 131 cm³/mol. The minimum Gasteiger partial charge on any atom is -0.454 e. The molecule has 0 N–H and O–H groups in total. The van der Waals surface area contributed by atoms with Crippen molar-refractivity contribution in [1.29, 1.82) is 0 Å². The number of benzene rings is 3. The van der Waals surface area contributed by atoms with E-state index in [-0.39, 0.29) is 12.2 Å². The lowest BCUT2D eigenvalue weighted by molar-refractivity contribution is 0.173. The number of anilines is 1. The topological polar surface area (TPSA) is 59.1 Å². The first-order valence-corrected chi connectivity index (χ1v) is 13.3. The maximum absolute atomic E-state index is 13.2. The lowest BCUT2D eigenvalue weighted by Gasteiger charge is -2.39. The Bertz CT molecular complexity index is 1340. The van der Waals surface area contributed by atoms with Crippen LogP contribution in [0.15, 0.2) is 71.6 Å². The number of piperidine rings is 1. The van der Waals surface area contributed by atoms with Crippen molar-refractivity contribution in [3.05, 3.63) is 82.9 Å². The smallest absolute Gasteiger partial charge is 0.243 e. The van der Waals surface area contributed by atoms with Crippen LogP contribution in [0.5, 0.6) is 11.5 Å². The maximum Gasteiger partial charge on any atom is 0.243 e. The van der Waals surface area contributed by atoms with Gasteiger partial charge in [-0.3, -0.25) is 0 Å². The second kappa shape index (κ2) is 8.18. The van der Waals surface area contributed by atoms with Gasteiger partial charge in [-0.2, -0.15) is 4.31 Å². The van der Waals surface area contributed by atoms with E-state index in [0.29, 0.717) is 23.0 Å². The van der Waals surface area contributed by atoms with Crippen molar-refractivity contribution in [3.8, 4) is 11.5 Å². The third-order valence-electron chi connectivity index (χ3n) is 7.28. The summed E-state index contributed by atoms with van der Waals surface area (Å²) in [5, 5.41) is 0.528. The Morgan fingerprint density at radius 2 is 1.68 bits per heavy atom. The summed E-state index contributed by atoms with van der Waals surface area (Å²) in [5.74, 6) is 1.62. The molecule has 0 bridgehead atoms. The number of fused-ring (bicyclic) bond motifs is 3. The highest BCUT2D eigenvalue weighted by atomic mass is 35.5. The summed E-state index contributed by atoms with van der Waals surface area (Å²) in [6.45, 7) is 2.81. The molecule has 0 radical (unpaired) electrons. The molecule has 3 aliphatic rings. The normalized spacial score (nSPS) is 18.9. The Morgan fingerprint density at radius 1 is 0.912 bits per heavy atom. The number of rotatable bonds is 4. The van der Waals surface area contributed by atoms with Gasteiger partial charge in [0, 0.05) is 47.9 Å². The van der Waals surface area contributed by atoms with Gasteiger partial charge in [0.05, 0.1) is 4.90 Å². The van der Waals surface area contributed by atoms with Crippen molar-refractivity contribution >= 4 is 27.3 Å². The van der Waals surface area contributed by atoms with Gasteiger partial charge in [-0.1, -0.05) is 41.9 Å². The Morgan fingerprint density at radius 3 is 2.47 bits per heavy atom. The summed E-state index contributed by atoms with van der Waals surface area (Å²) >= 11 is 5.95. The average molecular weight is 497 g/mol. The van der Waals surface area contributed by atoms with E-state index < -0.39 is 10.0 Å². The van der Waals surface area contributed by atoms with Crippen LogP contribution in [0.25, 0.3) is 0 Å². The number of nitrogens with zero attached hydrogens (tertiary/aromatic N) is 2. The fourth-order valence-corrected chi connectivity index (χ4v) is 7.10. The van der Waals surface area contributed by atoms with Crippen LogP contribution in [-0.2, 0) is 22.0 Å². The van der Waals surface area contributed by atoms with Crippen LogP contribution in [-0.4, -0.2) is 39.2 Å². The van der Waals surface area contributed by atoms with Gasteiger partial charge in [-0.05, 0) is 54.8 Å². The largest absolute Gasteiger partial charge is 0.454 e. The molecule has 6 rings (SSSR count). The first kappa shape index (κ1) is 21.8. The van der Waals surface area contributed by atoms with Gasteiger partial charge >= 0.3 is 0 Å². The fourth-order valence-electron chi connectivity index (χ4n) is 5.53. The molecule has 34 heavy (non-hydrogen) atoms. The molecule has 176 valence electrons. The van der Waals surface area contributed by atoms with E-state index in [9.17, 15) is 8.42 Å². The van der Waals surface area contributed by atoms with Crippen molar-refractivity contribution in [2.75, 3.05) is 31.3 Å². The first-order valence-electron chi connectivity index (χ1n) is 11.4. The SMILES string of the molecule is O=S(=O)(c1ccc(Cl)cc1)N1CCC2(CC1)CN(Cc1cccc3c1OCO3)c1ccccc12. The van der Waals surface area contributed by atoms with Crippen LogP contribution < -0.4 is 14.4 Å². The molecular formula is C26H25ClN2O4S. The van der Waals surface area contributed by atoms with Gasteiger partial charge in [0.15, 0.2) is 11.5 Å². The van der Waals surface area contributed by atoms with Gasteiger partial charge in [0.25, 0.3) is 0 Å². The van der Waals surface area contributed by atoms with Crippen LogP contribution in [0.1, 0.15) is 24.0 Å². The van der Waals surface area contributed by atoms with Crippen molar-refractivity contribution in [1.82, 2.24) is 4.31 Å².